The number of aromatic nitrogens is 7. The average molecular weight is 1520 g/mol. The number of allylic oxidation sites excluding steroid dienone is 7. The van der Waals surface area contributed by atoms with Gasteiger partial charge in [0.25, 0.3) is 0 Å². The summed E-state index contributed by atoms with van der Waals surface area (Å²) in [6.45, 7) is 37.3. The van der Waals surface area contributed by atoms with E-state index < -0.39 is 70.1 Å². The number of hydrogen-bond donors (Lipinski definition) is 3. The summed E-state index contributed by atoms with van der Waals surface area (Å²) in [7, 11) is 3.82. The van der Waals surface area contributed by atoms with Crippen LogP contribution in [0.3, 0.4) is 0 Å². The predicted molar refractivity (Wildman–Crippen MR) is 417 cm³/mol. The molecule has 3 N–H and O–H groups in total. The number of carboxylic acid groups (broad SMARTS) is 2. The van der Waals surface area contributed by atoms with Crippen LogP contribution in [0, 0.1) is 135 Å². The third-order valence-corrected chi connectivity index (χ3v) is 34.4. The Labute approximate surface area is 657 Å². The van der Waals surface area contributed by atoms with Gasteiger partial charge in [0.05, 0.1) is 40.9 Å². The van der Waals surface area contributed by atoms with Crippen molar-refractivity contribution < 1.29 is 53.6 Å². The van der Waals surface area contributed by atoms with Crippen molar-refractivity contribution in [3.8, 4) is 23.7 Å². The molecule has 0 spiro atoms. The van der Waals surface area contributed by atoms with Gasteiger partial charge in [-0.3, -0.25) is 33.8 Å². The van der Waals surface area contributed by atoms with Crippen LogP contribution in [-0.4, -0.2) is 97.5 Å². The van der Waals surface area contributed by atoms with E-state index in [1.807, 2.05) is 29.3 Å². The molecule has 20 nitrogen and oxygen atoms in total. The first-order valence-electron chi connectivity index (χ1n) is 41.9. The number of pyridine rings is 1. The first-order valence-corrected chi connectivity index (χ1v) is 41.9. The fraction of sp³-hybridized carbons (Fsp3) is 0.725. The zero-order chi connectivity index (χ0) is 80.6. The molecule has 598 valence electrons. The van der Waals surface area contributed by atoms with Gasteiger partial charge in [-0.15, -0.1) is 20.4 Å². The van der Waals surface area contributed by atoms with E-state index >= 15 is 0 Å². The fourth-order valence-electron chi connectivity index (χ4n) is 28.2. The lowest BCUT2D eigenvalue weighted by molar-refractivity contribution is -0.235. The van der Waals surface area contributed by atoms with E-state index in [0.29, 0.717) is 83.8 Å². The summed E-state index contributed by atoms with van der Waals surface area (Å²) < 4.78 is 16.8. The van der Waals surface area contributed by atoms with Crippen molar-refractivity contribution in [1.29, 1.82) is 10.5 Å². The van der Waals surface area contributed by atoms with Crippen LogP contribution in [0.5, 0.6) is 0 Å². The number of hydrogen-bond acceptors (Lipinski definition) is 16. The summed E-state index contributed by atoms with van der Waals surface area (Å²) in [4.78, 5) is 88.0. The minimum atomic E-state index is -1.64. The van der Waals surface area contributed by atoms with Gasteiger partial charge in [0.2, 0.25) is 0 Å². The SMILES string of the molecule is CC(C)C1=C2[C@H]3CCC4[C@@]5(C)CC[C@H](OC(=O)CC(C)(CC6=C(C#N)C=CC(c7nnc(C(O)[C@@]89CC[C@]%10(C)[C@H](CCC%11[C@@]%12(C)CC[C@H](OC(=O)CC(C)(C)C(=O)O)C(C)(C)C%12CC[C@]%11%10C)C8=C(C(C)C)C(=O)C9)n7C)C6)C(=O)O)C(C)(C)C5CC[C@@]4(C)[C@]3(C)CC[C@@]2(Cc2nnc(-c3ccc(C#N)cn3)n2C)CC1=O. The Morgan fingerprint density at radius 2 is 1.16 bits per heavy atom. The van der Waals surface area contributed by atoms with Gasteiger partial charge in [-0.05, 0) is 251 Å². The zero-order valence-corrected chi connectivity index (χ0v) is 69.7. The van der Waals surface area contributed by atoms with Crippen LogP contribution < -0.4 is 0 Å². The summed E-state index contributed by atoms with van der Waals surface area (Å²) in [5.74, 6) is 0.377. The molecule has 11 aliphatic rings. The molecular weight excluding hydrogens is 1400 g/mol. The van der Waals surface area contributed by atoms with Crippen molar-refractivity contribution in [1.82, 2.24) is 34.5 Å². The minimum Gasteiger partial charge on any atom is -0.481 e. The summed E-state index contributed by atoms with van der Waals surface area (Å²) in [6.07, 6.45) is 18.0. The molecule has 0 saturated heterocycles. The molecule has 3 aromatic rings. The number of nitrogens with zero attached hydrogens (tertiary/aromatic N) is 9. The molecule has 11 aliphatic carbocycles. The molecule has 0 amide bonds. The van der Waals surface area contributed by atoms with Crippen LogP contribution in [0.1, 0.15) is 294 Å². The van der Waals surface area contributed by atoms with Crippen molar-refractivity contribution >= 4 is 35.4 Å². The quantitative estimate of drug-likeness (QED) is 0.0997. The topological polar surface area (TPSA) is 303 Å². The van der Waals surface area contributed by atoms with Gasteiger partial charge in [-0.1, -0.05) is 114 Å². The van der Waals surface area contributed by atoms with Gasteiger partial charge in [0.1, 0.15) is 41.7 Å². The largest absolute Gasteiger partial charge is 0.481 e. The van der Waals surface area contributed by atoms with Crippen molar-refractivity contribution in [2.75, 3.05) is 0 Å². The molecule has 14 rings (SSSR count). The number of carbonyl (C=O) groups is 6. The molecule has 3 heterocycles. The Morgan fingerprint density at radius 1 is 0.613 bits per heavy atom. The van der Waals surface area contributed by atoms with Crippen molar-refractivity contribution in [2.45, 2.75) is 290 Å². The smallest absolute Gasteiger partial charge is 0.310 e. The molecule has 0 radical (unpaired) electrons. The summed E-state index contributed by atoms with van der Waals surface area (Å²) in [5, 5.41) is 73.5. The number of ketones is 2. The number of Topliss-reactive ketones (excluding diaryl/α,β-unsaturated/α-hetero) is 2. The maximum absolute atomic E-state index is 14.9. The summed E-state index contributed by atoms with van der Waals surface area (Å²) >= 11 is 0. The number of nitriles is 2. The van der Waals surface area contributed by atoms with Gasteiger partial charge >= 0.3 is 23.9 Å². The molecule has 7 unspecified atom stereocenters. The van der Waals surface area contributed by atoms with Crippen LogP contribution >= 0.6 is 0 Å². The van der Waals surface area contributed by atoms with Crippen LogP contribution in [0.25, 0.3) is 11.5 Å². The monoisotopic (exact) mass is 1520 g/mol. The number of carbonyl (C=O) groups excluding carboxylic acids is 4. The molecule has 0 aliphatic heterocycles. The molecule has 8 fully saturated rings. The van der Waals surface area contributed by atoms with Crippen LogP contribution in [0.2, 0.25) is 0 Å². The third-order valence-electron chi connectivity index (χ3n) is 34.4. The van der Waals surface area contributed by atoms with E-state index in [1.54, 1.807) is 45.2 Å². The maximum Gasteiger partial charge on any atom is 0.310 e. The van der Waals surface area contributed by atoms with Gasteiger partial charge in [-0.25, -0.2) is 0 Å². The van der Waals surface area contributed by atoms with E-state index in [1.165, 1.54) is 5.57 Å². The maximum atomic E-state index is 14.9. The number of esters is 2. The first-order chi connectivity index (χ1) is 51.8. The van der Waals surface area contributed by atoms with Gasteiger partial charge in [0.15, 0.2) is 23.2 Å². The van der Waals surface area contributed by atoms with E-state index in [-0.39, 0.29) is 122 Å². The van der Waals surface area contributed by atoms with Gasteiger partial charge < -0.3 is 33.9 Å². The lowest BCUT2D eigenvalue weighted by atomic mass is 9.33. The predicted octanol–water partition coefficient (Wildman–Crippen LogP) is 17.2. The van der Waals surface area contributed by atoms with Crippen molar-refractivity contribution in [2.24, 2.45) is 126 Å². The highest BCUT2D eigenvalue weighted by Crippen LogP contribution is 2.80. The second-order valence-electron chi connectivity index (χ2n) is 41.5. The Kier molecular flexibility index (Phi) is 19.6. The Bertz CT molecular complexity index is 4590. The summed E-state index contributed by atoms with van der Waals surface area (Å²) in [6, 6.07) is 8.03. The van der Waals surface area contributed by atoms with Gasteiger partial charge in [-0.2, -0.15) is 10.5 Å². The Hall–Kier alpha value is -7.45. The molecule has 20 heteroatoms. The molecule has 8 saturated carbocycles. The van der Waals surface area contributed by atoms with E-state index in [9.17, 15) is 54.6 Å². The number of aliphatic hydroxyl groups excluding tert-OH is 1. The first kappa shape index (κ1) is 80.2. The second-order valence-corrected chi connectivity index (χ2v) is 41.5. The van der Waals surface area contributed by atoms with E-state index in [4.69, 9.17) is 24.8 Å². The van der Waals surface area contributed by atoms with Crippen molar-refractivity contribution in [3.63, 3.8) is 0 Å². The fourth-order valence-corrected chi connectivity index (χ4v) is 28.2. The Balaban J connectivity index is 0.649. The van der Waals surface area contributed by atoms with E-state index in [2.05, 4.69) is 119 Å². The number of aliphatic hydroxyl groups is 1. The standard InChI is InChI=1S/C91H123N9O11/c1-50(2)70-59(101)42-90(44-67-95-97-76(99(67)18)58-25-20-52(47-92)49-94-58)38-36-86(14)56(72(70)90)23-26-63-84(12)33-31-66(82(9,10)62(84)28-34-88(63,86)16)111-69(104)46-83(11,79(108)109)41-55-40-53(21-22-54(55)48-93)75-96-98-77(100(75)19)74(105)91-39-37-87(15)57(73(91)71(51(3)4)60(102)43-91)24-27-64-85(13)32-30-65(110-68(103)45-80(5,6)78(106)107)81(7,8)61(85)29-35-89(64,87)17/h20-22,25,49-51,53,56-57,61-66,74,105H,23-24,26-46H2,1-19H3,(H,106,107)(H,108,109)/t53?,56-,57-,61?,62?,63?,64?,65+,66+,74?,83?,84+,85+,86-,87-,88-,89-,90+,91-/m1/s1. The lowest BCUT2D eigenvalue weighted by Crippen LogP contribution is -2.66. The second kappa shape index (κ2) is 27.1. The Morgan fingerprint density at radius 3 is 1.69 bits per heavy atom. The molecule has 19 atom stereocenters. The molecular formula is C91H123N9O11. The van der Waals surface area contributed by atoms with Crippen LogP contribution in [0.15, 0.2) is 63.9 Å². The van der Waals surface area contributed by atoms with Crippen molar-refractivity contribution in [3.05, 3.63) is 87.0 Å². The number of fused-ring (bicyclic) bond motifs is 14. The van der Waals surface area contributed by atoms with E-state index in [0.717, 1.165) is 106 Å². The molecule has 3 aromatic heterocycles. The molecule has 0 aromatic carbocycles. The normalized spacial score (nSPS) is 37.5. The van der Waals surface area contributed by atoms with Crippen LogP contribution in [-0.2, 0) is 58.8 Å². The number of aliphatic carboxylic acids is 2. The lowest BCUT2D eigenvalue weighted by Gasteiger charge is -2.72. The number of rotatable bonds is 18. The third kappa shape index (κ3) is 11.9. The highest BCUT2D eigenvalue weighted by atomic mass is 16.5. The van der Waals surface area contributed by atoms with Gasteiger partial charge in [0, 0.05) is 67.1 Å². The highest BCUT2D eigenvalue weighted by molar-refractivity contribution is 6.01. The highest BCUT2D eigenvalue weighted by Gasteiger charge is 2.74. The summed E-state index contributed by atoms with van der Waals surface area (Å²) in [5.41, 5.74) is 0.705. The minimum absolute atomic E-state index is 0.0233. The number of carboxylic acids is 2. The molecule has 0 bridgehead atoms. The average Bonchev–Trinajstić information content (AvgIpc) is 1.67. The van der Waals surface area contributed by atoms with Crippen LogP contribution in [0.4, 0.5) is 0 Å². The zero-order valence-electron chi connectivity index (χ0n) is 69.7. The number of ether oxygens (including phenoxy) is 2. The molecule has 111 heavy (non-hydrogen) atoms.